The largest absolute Gasteiger partial charge is 0.377 e. The van der Waals surface area contributed by atoms with Crippen LogP contribution in [0.3, 0.4) is 0 Å². The first-order valence-electron chi connectivity index (χ1n) is 13.5. The van der Waals surface area contributed by atoms with Crippen LogP contribution in [-0.4, -0.2) is 84.8 Å². The number of carbonyl (C=O) groups excluding carboxylic acids is 2. The summed E-state index contributed by atoms with van der Waals surface area (Å²) in [5.74, 6) is -0.409. The monoisotopic (exact) mass is 544 g/mol. The van der Waals surface area contributed by atoms with Crippen molar-refractivity contribution in [2.75, 3.05) is 39.2 Å². The Morgan fingerprint density at radius 1 is 1.26 bits per heavy atom. The van der Waals surface area contributed by atoms with E-state index in [0.29, 0.717) is 38.5 Å². The minimum absolute atomic E-state index is 0.00869. The first kappa shape index (κ1) is 27.5. The summed E-state index contributed by atoms with van der Waals surface area (Å²) in [7, 11) is 0. The maximum atomic E-state index is 13.6. The number of rotatable bonds is 8. The molecule has 10 heteroatoms. The van der Waals surface area contributed by atoms with Crippen LogP contribution in [-0.2, 0) is 19.0 Å². The molecular formula is C28H40N4O5S. The molecule has 1 aromatic heterocycles. The fourth-order valence-electron chi connectivity index (χ4n) is 6.05. The second kappa shape index (κ2) is 11.2. The average Bonchev–Trinajstić information content (AvgIpc) is 3.18. The van der Waals surface area contributed by atoms with Gasteiger partial charge in [0.2, 0.25) is 5.91 Å². The van der Waals surface area contributed by atoms with Crippen LogP contribution in [0.15, 0.2) is 24.3 Å². The van der Waals surface area contributed by atoms with Crippen LogP contribution in [0.5, 0.6) is 0 Å². The summed E-state index contributed by atoms with van der Waals surface area (Å²) in [5, 5.41) is 10.7. The molecule has 3 aliphatic rings. The first-order valence-corrected chi connectivity index (χ1v) is 14.8. The Balaban J connectivity index is 1.31. The number of fused-ring (bicyclic) bond motifs is 1. The fourth-order valence-corrected chi connectivity index (χ4v) is 7.08. The van der Waals surface area contributed by atoms with Crippen LogP contribution in [0.1, 0.15) is 49.3 Å². The van der Waals surface area contributed by atoms with Gasteiger partial charge in [-0.15, -0.1) is 0 Å². The van der Waals surface area contributed by atoms with Crippen molar-refractivity contribution in [3.8, 4) is 0 Å². The Kier molecular flexibility index (Phi) is 8.07. The average molecular weight is 545 g/mol. The quantitative estimate of drug-likeness (QED) is 0.470. The molecule has 3 aliphatic heterocycles. The Bertz CT molecular complexity index is 1170. The summed E-state index contributed by atoms with van der Waals surface area (Å²) in [5.41, 5.74) is 2.43. The number of carbonyl (C=O) groups is 2. The highest BCUT2D eigenvalue weighted by atomic mass is 32.2. The van der Waals surface area contributed by atoms with Crippen molar-refractivity contribution in [2.45, 2.75) is 69.3 Å². The zero-order valence-electron chi connectivity index (χ0n) is 22.9. The number of ether oxygens (including phenoxy) is 3. The molecule has 0 bridgehead atoms. The molecule has 0 spiro atoms. The van der Waals surface area contributed by atoms with Crippen molar-refractivity contribution >= 4 is 34.5 Å². The second-order valence-corrected chi connectivity index (χ2v) is 12.3. The minimum atomic E-state index is -0.431. The highest BCUT2D eigenvalue weighted by Gasteiger charge is 2.38. The van der Waals surface area contributed by atoms with E-state index in [2.05, 4.69) is 34.4 Å². The minimum Gasteiger partial charge on any atom is -0.377 e. The van der Waals surface area contributed by atoms with Crippen LogP contribution in [0.25, 0.3) is 10.9 Å². The van der Waals surface area contributed by atoms with Gasteiger partial charge in [-0.05, 0) is 46.4 Å². The molecule has 3 fully saturated rings. The molecule has 0 saturated carbocycles. The molecule has 3 unspecified atom stereocenters. The summed E-state index contributed by atoms with van der Waals surface area (Å²) < 4.78 is 19.8. The summed E-state index contributed by atoms with van der Waals surface area (Å²) in [6, 6.07) is 8.05. The predicted molar refractivity (Wildman–Crippen MR) is 149 cm³/mol. The van der Waals surface area contributed by atoms with E-state index >= 15 is 0 Å². The van der Waals surface area contributed by atoms with Crippen molar-refractivity contribution in [3.05, 3.63) is 35.5 Å². The van der Waals surface area contributed by atoms with E-state index < -0.39 is 6.29 Å². The summed E-state index contributed by atoms with van der Waals surface area (Å²) >= 11 is 1.69. The van der Waals surface area contributed by atoms with E-state index in [1.54, 1.807) is 11.8 Å². The zero-order valence-corrected chi connectivity index (χ0v) is 23.7. The molecule has 0 aliphatic carbocycles. The van der Waals surface area contributed by atoms with E-state index in [-0.39, 0.29) is 46.6 Å². The number of para-hydroxylation sites is 1. The Hall–Kier alpha value is -2.11. The number of piperidine rings is 1. The third kappa shape index (κ3) is 5.34. The predicted octanol–water partition coefficient (Wildman–Crippen LogP) is 2.62. The van der Waals surface area contributed by atoms with Gasteiger partial charge in [0.05, 0.1) is 55.5 Å². The molecule has 208 valence electrons. The van der Waals surface area contributed by atoms with E-state index in [9.17, 15) is 9.59 Å². The highest BCUT2D eigenvalue weighted by molar-refractivity contribution is 7.99. The number of benzene rings is 1. The van der Waals surface area contributed by atoms with Gasteiger partial charge in [-0.1, -0.05) is 18.2 Å². The molecule has 3 saturated heterocycles. The molecule has 0 radical (unpaired) electrons. The van der Waals surface area contributed by atoms with Gasteiger partial charge in [0.1, 0.15) is 0 Å². The topological polar surface area (TPSA) is 103 Å². The van der Waals surface area contributed by atoms with Crippen LogP contribution >= 0.6 is 11.8 Å². The van der Waals surface area contributed by atoms with Gasteiger partial charge < -0.3 is 34.7 Å². The van der Waals surface area contributed by atoms with Gasteiger partial charge >= 0.3 is 0 Å². The zero-order chi connectivity index (χ0) is 27.0. The normalized spacial score (nSPS) is 29.9. The second-order valence-electron chi connectivity index (χ2n) is 11.3. The van der Waals surface area contributed by atoms with Gasteiger partial charge in [-0.25, -0.2) is 0 Å². The highest BCUT2D eigenvalue weighted by Crippen LogP contribution is 2.33. The number of nitrogens with one attached hydrogen (secondary N) is 3. The number of nitrogens with zero attached hydrogens (tertiary/aromatic N) is 1. The van der Waals surface area contributed by atoms with Crippen molar-refractivity contribution in [1.82, 2.24) is 20.5 Å². The van der Waals surface area contributed by atoms with Crippen molar-refractivity contribution in [3.63, 3.8) is 0 Å². The van der Waals surface area contributed by atoms with E-state index in [1.165, 1.54) is 0 Å². The number of hydrogen-bond donors (Lipinski definition) is 3. The lowest BCUT2D eigenvalue weighted by Crippen LogP contribution is -2.64. The van der Waals surface area contributed by atoms with Crippen molar-refractivity contribution in [2.24, 2.45) is 5.92 Å². The molecular weight excluding hydrogens is 504 g/mol. The maximum absolute atomic E-state index is 13.6. The van der Waals surface area contributed by atoms with Gasteiger partial charge in [-0.3, -0.25) is 9.59 Å². The molecule has 9 nitrogen and oxygen atoms in total. The Labute approximate surface area is 228 Å². The van der Waals surface area contributed by atoms with E-state index in [4.69, 9.17) is 14.2 Å². The van der Waals surface area contributed by atoms with Crippen molar-refractivity contribution in [1.29, 1.82) is 0 Å². The van der Waals surface area contributed by atoms with E-state index in [1.807, 2.05) is 44.4 Å². The van der Waals surface area contributed by atoms with Crippen LogP contribution in [0.2, 0.25) is 0 Å². The van der Waals surface area contributed by atoms with Gasteiger partial charge in [0, 0.05) is 34.4 Å². The molecule has 2 aromatic rings. The molecule has 5 rings (SSSR count). The summed E-state index contributed by atoms with van der Waals surface area (Å²) in [6.45, 7) is 11.0. The smallest absolute Gasteiger partial charge is 0.253 e. The number of amides is 2. The molecule has 1 aromatic carbocycles. The maximum Gasteiger partial charge on any atom is 0.253 e. The van der Waals surface area contributed by atoms with Gasteiger partial charge in [-0.2, -0.15) is 11.8 Å². The first-order chi connectivity index (χ1) is 18.2. The SMILES string of the molecule is CSC1CC(C)NC(=O)C1CNC(=O)c1c(C)n([C@@H](C)C2OCC(NC3(C)COC3)CO2)c2ccccc12. The van der Waals surface area contributed by atoms with E-state index in [0.717, 1.165) is 23.0 Å². The molecule has 4 atom stereocenters. The summed E-state index contributed by atoms with van der Waals surface area (Å²) in [6.07, 6.45) is 2.49. The molecule has 2 amide bonds. The number of thioether (sulfide) groups is 1. The van der Waals surface area contributed by atoms with Gasteiger partial charge in [0.15, 0.2) is 6.29 Å². The van der Waals surface area contributed by atoms with Crippen LogP contribution in [0, 0.1) is 12.8 Å². The number of hydrogen-bond acceptors (Lipinski definition) is 7. The van der Waals surface area contributed by atoms with Crippen LogP contribution in [0.4, 0.5) is 0 Å². The lowest BCUT2D eigenvalue weighted by atomic mass is 9.93. The Morgan fingerprint density at radius 3 is 2.63 bits per heavy atom. The summed E-state index contributed by atoms with van der Waals surface area (Å²) in [4.78, 5) is 26.2. The fraction of sp³-hybridized carbons (Fsp3) is 0.643. The lowest BCUT2D eigenvalue weighted by Gasteiger charge is -2.43. The Morgan fingerprint density at radius 2 is 1.97 bits per heavy atom. The molecule has 38 heavy (non-hydrogen) atoms. The lowest BCUT2D eigenvalue weighted by molar-refractivity contribution is -0.214. The third-order valence-corrected chi connectivity index (χ3v) is 9.17. The van der Waals surface area contributed by atoms with Gasteiger partial charge in [0.25, 0.3) is 5.91 Å². The molecule has 3 N–H and O–H groups in total. The third-order valence-electron chi connectivity index (χ3n) is 8.05. The van der Waals surface area contributed by atoms with Crippen molar-refractivity contribution < 1.29 is 23.8 Å². The molecule has 4 heterocycles. The number of aromatic nitrogens is 1. The van der Waals surface area contributed by atoms with Crippen LogP contribution < -0.4 is 16.0 Å². The standard InChI is InChI=1S/C28H40N4O5S/c1-16-10-23(38-5)21(25(33)30-16)11-29-26(34)24-17(2)32(22-9-7-6-8-20(22)24)18(3)27-36-12-19(13-37-27)31-28(4)14-35-15-28/h6-9,16,18-19,21,23,27,31H,10-15H2,1-5H3,(H,29,34)(H,30,33)/t16?,18-,19?,21?,23?,27?/m0/s1.